The number of aryl methyl sites for hydroxylation is 1. The SMILES string of the molecule is CN(C)C(=O)N1CCN(c2cc(S(=O)(=O)NC3(C)CC3)cc3c(-c4nnc(C(F)F)s4)nn(C)c(=O)c23)CC1. The second kappa shape index (κ2) is 9.75. The maximum absolute atomic E-state index is 13.5. The third-order valence-corrected chi connectivity index (χ3v) is 9.45. The van der Waals surface area contributed by atoms with Crippen molar-refractivity contribution in [2.24, 2.45) is 7.05 Å². The molecule has 1 aromatic carbocycles. The molecule has 0 unspecified atom stereocenters. The molecule has 12 nitrogen and oxygen atoms in total. The van der Waals surface area contributed by atoms with E-state index in [-0.39, 0.29) is 32.4 Å². The fraction of sp³-hybridized carbons (Fsp3) is 0.522. The summed E-state index contributed by atoms with van der Waals surface area (Å²) in [7, 11) is 0.741. The van der Waals surface area contributed by atoms with Crippen LogP contribution in [0.4, 0.5) is 19.3 Å². The second-order valence-electron chi connectivity index (χ2n) is 10.2. The fourth-order valence-corrected chi connectivity index (χ4v) is 6.71. The molecular formula is C23H28F2N8O4S2. The van der Waals surface area contributed by atoms with Gasteiger partial charge in [0.1, 0.15) is 5.69 Å². The Morgan fingerprint density at radius 3 is 2.38 bits per heavy atom. The Kier molecular flexibility index (Phi) is 6.83. The number of amides is 2. The highest BCUT2D eigenvalue weighted by Crippen LogP contribution is 2.39. The van der Waals surface area contributed by atoms with Gasteiger partial charge in [0.2, 0.25) is 10.0 Å². The molecule has 0 bridgehead atoms. The molecule has 2 fully saturated rings. The number of benzene rings is 1. The molecular weight excluding hydrogens is 554 g/mol. The summed E-state index contributed by atoms with van der Waals surface area (Å²) < 4.78 is 57.3. The molecule has 5 rings (SSSR count). The summed E-state index contributed by atoms with van der Waals surface area (Å²) >= 11 is 0.627. The number of carbonyl (C=O) groups is 1. The molecule has 0 radical (unpaired) electrons. The number of carbonyl (C=O) groups excluding carboxylic acids is 1. The lowest BCUT2D eigenvalue weighted by molar-refractivity contribution is 0.150. The largest absolute Gasteiger partial charge is 0.367 e. The maximum atomic E-state index is 13.5. The zero-order valence-electron chi connectivity index (χ0n) is 21.8. The van der Waals surface area contributed by atoms with Crippen LogP contribution in [0.3, 0.4) is 0 Å². The van der Waals surface area contributed by atoms with E-state index in [1.165, 1.54) is 24.1 Å². The van der Waals surface area contributed by atoms with Gasteiger partial charge in [-0.25, -0.2) is 31.4 Å². The highest BCUT2D eigenvalue weighted by molar-refractivity contribution is 7.89. The Balaban J connectivity index is 1.69. The summed E-state index contributed by atoms with van der Waals surface area (Å²) in [6.07, 6.45) is -1.45. The molecule has 1 saturated carbocycles. The van der Waals surface area contributed by atoms with Crippen LogP contribution < -0.4 is 15.2 Å². The predicted molar refractivity (Wildman–Crippen MR) is 142 cm³/mol. The van der Waals surface area contributed by atoms with Crippen LogP contribution in [-0.4, -0.2) is 90.0 Å². The fourth-order valence-electron chi connectivity index (χ4n) is 4.50. The lowest BCUT2D eigenvalue weighted by atomic mass is 10.1. The van der Waals surface area contributed by atoms with Crippen molar-refractivity contribution in [3.8, 4) is 10.7 Å². The number of sulfonamides is 1. The van der Waals surface area contributed by atoms with E-state index in [0.29, 0.717) is 56.0 Å². The van der Waals surface area contributed by atoms with Crippen LogP contribution in [0.25, 0.3) is 21.5 Å². The first-order chi connectivity index (χ1) is 18.3. The summed E-state index contributed by atoms with van der Waals surface area (Å²) in [6, 6.07) is 2.65. The number of urea groups is 1. The molecule has 1 aliphatic carbocycles. The van der Waals surface area contributed by atoms with Crippen molar-refractivity contribution in [2.75, 3.05) is 45.2 Å². The molecule has 16 heteroatoms. The van der Waals surface area contributed by atoms with Crippen molar-refractivity contribution in [3.63, 3.8) is 0 Å². The smallest absolute Gasteiger partial charge is 0.319 e. The highest BCUT2D eigenvalue weighted by Gasteiger charge is 2.41. The summed E-state index contributed by atoms with van der Waals surface area (Å²) in [5, 5.41) is 11.5. The number of aromatic nitrogens is 4. The zero-order valence-corrected chi connectivity index (χ0v) is 23.4. The minimum Gasteiger partial charge on any atom is -0.367 e. The molecule has 3 aromatic rings. The molecule has 3 heterocycles. The van der Waals surface area contributed by atoms with Gasteiger partial charge in [-0.05, 0) is 31.9 Å². The molecule has 1 N–H and O–H groups in total. The van der Waals surface area contributed by atoms with Crippen molar-refractivity contribution in [1.82, 2.24) is 34.5 Å². The summed E-state index contributed by atoms with van der Waals surface area (Å²) in [5.41, 5.74) is -0.603. The lowest BCUT2D eigenvalue weighted by Crippen LogP contribution is -2.51. The van der Waals surface area contributed by atoms with Crippen LogP contribution >= 0.6 is 11.3 Å². The van der Waals surface area contributed by atoms with Gasteiger partial charge in [0.15, 0.2) is 10.0 Å². The number of halogens is 2. The van der Waals surface area contributed by atoms with Crippen LogP contribution in [0.5, 0.6) is 0 Å². The first-order valence-electron chi connectivity index (χ1n) is 12.2. The number of nitrogens with zero attached hydrogens (tertiary/aromatic N) is 7. The van der Waals surface area contributed by atoms with Crippen LogP contribution in [0.1, 0.15) is 31.2 Å². The highest BCUT2D eigenvalue weighted by atomic mass is 32.2. The van der Waals surface area contributed by atoms with Crippen LogP contribution in [0.2, 0.25) is 0 Å². The van der Waals surface area contributed by atoms with E-state index < -0.39 is 32.6 Å². The van der Waals surface area contributed by atoms with Crippen molar-refractivity contribution in [1.29, 1.82) is 0 Å². The Bertz CT molecular complexity index is 1610. The standard InChI is InChI=1S/C23H28F2N8O4S2/c1-23(5-6-23)29-39(36,37)13-11-14-16(15(12-13)32-7-9-33(10-8-32)22(35)30(2)3)21(34)31(4)28-17(14)19-26-27-20(38-19)18(24)25/h11-12,18,29H,5-10H2,1-4H3. The molecule has 1 saturated heterocycles. The molecule has 2 aromatic heterocycles. The van der Waals surface area contributed by atoms with Gasteiger partial charge < -0.3 is 14.7 Å². The van der Waals surface area contributed by atoms with Gasteiger partial charge in [-0.3, -0.25) is 4.79 Å². The topological polar surface area (TPSA) is 134 Å². The second-order valence-corrected chi connectivity index (χ2v) is 12.9. The number of hydrogen-bond acceptors (Lipinski definition) is 9. The summed E-state index contributed by atoms with van der Waals surface area (Å²) in [4.78, 5) is 30.8. The third kappa shape index (κ3) is 5.19. The monoisotopic (exact) mass is 582 g/mol. The summed E-state index contributed by atoms with van der Waals surface area (Å²) in [6.45, 7) is 3.22. The van der Waals surface area contributed by atoms with Gasteiger partial charge in [-0.2, -0.15) is 5.10 Å². The Labute approximate surface area is 227 Å². The summed E-state index contributed by atoms with van der Waals surface area (Å²) in [5.74, 6) is 0. The Hall–Kier alpha value is -3.24. The van der Waals surface area contributed by atoms with Gasteiger partial charge in [0, 0.05) is 58.2 Å². The molecule has 1 aliphatic heterocycles. The Morgan fingerprint density at radius 1 is 1.15 bits per heavy atom. The van der Waals surface area contributed by atoms with Crippen LogP contribution in [-0.2, 0) is 17.1 Å². The predicted octanol–water partition coefficient (Wildman–Crippen LogP) is 2.02. The number of piperazine rings is 1. The first-order valence-corrected chi connectivity index (χ1v) is 14.5. The number of hydrogen-bond donors (Lipinski definition) is 1. The number of rotatable bonds is 6. The zero-order chi connectivity index (χ0) is 28.3. The minimum atomic E-state index is -4.01. The average molecular weight is 583 g/mol. The normalized spacial score (nSPS) is 17.2. The average Bonchev–Trinajstić information content (AvgIpc) is 3.39. The molecule has 2 aliphatic rings. The van der Waals surface area contributed by atoms with Crippen molar-refractivity contribution in [3.05, 3.63) is 27.5 Å². The number of anilines is 1. The van der Waals surface area contributed by atoms with Crippen LogP contribution in [0.15, 0.2) is 21.8 Å². The molecule has 0 atom stereocenters. The van der Waals surface area contributed by atoms with Gasteiger partial charge in [0.05, 0.1) is 16.0 Å². The first kappa shape index (κ1) is 27.3. The van der Waals surface area contributed by atoms with Gasteiger partial charge >= 0.3 is 6.03 Å². The van der Waals surface area contributed by atoms with Gasteiger partial charge in [-0.1, -0.05) is 11.3 Å². The number of fused-ring (bicyclic) bond motifs is 1. The molecule has 0 spiro atoms. The molecule has 210 valence electrons. The van der Waals surface area contributed by atoms with Crippen LogP contribution in [0, 0.1) is 0 Å². The van der Waals surface area contributed by atoms with E-state index in [4.69, 9.17) is 0 Å². The van der Waals surface area contributed by atoms with Gasteiger partial charge in [0.25, 0.3) is 12.0 Å². The molecule has 2 amide bonds. The van der Waals surface area contributed by atoms with E-state index in [2.05, 4.69) is 20.0 Å². The van der Waals surface area contributed by atoms with E-state index in [9.17, 15) is 26.8 Å². The number of alkyl halides is 2. The minimum absolute atomic E-state index is 0.0370. The Morgan fingerprint density at radius 2 is 1.82 bits per heavy atom. The van der Waals surface area contributed by atoms with Crippen molar-refractivity contribution >= 4 is 43.9 Å². The van der Waals surface area contributed by atoms with E-state index in [1.807, 2.05) is 11.8 Å². The van der Waals surface area contributed by atoms with E-state index >= 15 is 0 Å². The lowest BCUT2D eigenvalue weighted by Gasteiger charge is -2.37. The van der Waals surface area contributed by atoms with Gasteiger partial charge in [-0.15, -0.1) is 10.2 Å². The van der Waals surface area contributed by atoms with Crippen molar-refractivity contribution < 1.29 is 22.0 Å². The van der Waals surface area contributed by atoms with Crippen molar-refractivity contribution in [2.45, 2.75) is 36.6 Å². The third-order valence-electron chi connectivity index (χ3n) is 6.90. The number of nitrogens with one attached hydrogen (secondary N) is 1. The molecule has 39 heavy (non-hydrogen) atoms. The van der Waals surface area contributed by atoms with E-state index in [0.717, 1.165) is 4.68 Å². The quantitative estimate of drug-likeness (QED) is 0.467. The maximum Gasteiger partial charge on any atom is 0.319 e. The van der Waals surface area contributed by atoms with E-state index in [1.54, 1.807) is 19.0 Å².